The third-order valence-electron chi connectivity index (χ3n) is 7.73. The monoisotopic (exact) mass is 636 g/mol. The van der Waals surface area contributed by atoms with Gasteiger partial charge in [0, 0.05) is 37.1 Å². The highest BCUT2D eigenvalue weighted by molar-refractivity contribution is 5.69. The number of piperidine rings is 1. The first kappa shape index (κ1) is 34.1. The van der Waals surface area contributed by atoms with E-state index in [1.165, 1.54) is 0 Å². The fourth-order valence-corrected chi connectivity index (χ4v) is 5.75. The van der Waals surface area contributed by atoms with Crippen LogP contribution in [-0.2, 0) is 30.1 Å². The highest BCUT2D eigenvalue weighted by atomic mass is 19.4. The Balaban J connectivity index is 1.79. The van der Waals surface area contributed by atoms with Crippen LogP contribution in [0.3, 0.4) is 0 Å². The van der Waals surface area contributed by atoms with E-state index in [1.54, 1.807) is 49.9 Å². The summed E-state index contributed by atoms with van der Waals surface area (Å²) in [6, 6.07) is 10.0. The van der Waals surface area contributed by atoms with E-state index in [9.17, 15) is 31.1 Å². The molecule has 0 aliphatic carbocycles. The van der Waals surface area contributed by atoms with E-state index in [2.05, 4.69) is 9.97 Å². The number of nitrogens with zero attached hydrogens (tertiary/aromatic N) is 4. The smallest absolute Gasteiger partial charge is 0.416 e. The van der Waals surface area contributed by atoms with E-state index in [0.29, 0.717) is 25.7 Å². The molecule has 2 aromatic carbocycles. The van der Waals surface area contributed by atoms with Crippen LogP contribution in [0, 0.1) is 6.92 Å². The number of ether oxygens (including phenoxy) is 1. The van der Waals surface area contributed by atoms with Crippen molar-refractivity contribution in [1.82, 2.24) is 14.9 Å². The number of alkyl halides is 6. The number of aromatic nitrogens is 2. The highest BCUT2D eigenvalue weighted by Gasteiger charge is 2.43. The van der Waals surface area contributed by atoms with E-state index in [-0.39, 0.29) is 36.2 Å². The minimum Gasteiger partial charge on any atom is -0.444 e. The van der Waals surface area contributed by atoms with Gasteiger partial charge in [-0.25, -0.2) is 14.8 Å². The number of carbonyl (C=O) groups excluding carboxylic acids is 1. The van der Waals surface area contributed by atoms with Gasteiger partial charge in [0.05, 0.1) is 11.1 Å². The summed E-state index contributed by atoms with van der Waals surface area (Å²) in [5.74, 6) is 0.176. The van der Waals surface area contributed by atoms with Gasteiger partial charge in [0.25, 0.3) is 0 Å². The zero-order valence-corrected chi connectivity index (χ0v) is 25.9. The number of amides is 1. The molecule has 1 saturated heterocycles. The molecule has 1 aliphatic heterocycles. The summed E-state index contributed by atoms with van der Waals surface area (Å²) in [4.78, 5) is 25.8. The van der Waals surface area contributed by atoms with E-state index in [1.807, 2.05) is 37.3 Å². The lowest BCUT2D eigenvalue weighted by Gasteiger charge is -2.48. The van der Waals surface area contributed by atoms with Crippen molar-refractivity contribution < 1.29 is 35.9 Å². The summed E-state index contributed by atoms with van der Waals surface area (Å²) >= 11 is 0. The van der Waals surface area contributed by atoms with Gasteiger partial charge in [-0.1, -0.05) is 37.3 Å². The lowest BCUT2D eigenvalue weighted by atomic mass is 9.86. The van der Waals surface area contributed by atoms with Crippen molar-refractivity contribution in [2.75, 3.05) is 4.90 Å². The van der Waals surface area contributed by atoms with E-state index in [0.717, 1.165) is 23.3 Å². The molecule has 1 fully saturated rings. The quantitative estimate of drug-likeness (QED) is 0.243. The summed E-state index contributed by atoms with van der Waals surface area (Å²) in [5.41, 5.74) is -1.98. The molecule has 45 heavy (non-hydrogen) atoms. The molecule has 4 rings (SSSR count). The minimum atomic E-state index is -4.98. The average Bonchev–Trinajstić information content (AvgIpc) is 2.94. The molecule has 0 saturated carbocycles. The van der Waals surface area contributed by atoms with E-state index in [4.69, 9.17) is 4.74 Å². The topological polar surface area (TPSA) is 58.6 Å². The molecule has 0 unspecified atom stereocenters. The number of benzene rings is 2. The van der Waals surface area contributed by atoms with Crippen molar-refractivity contribution in [2.24, 2.45) is 0 Å². The molecule has 0 radical (unpaired) electrons. The zero-order valence-electron chi connectivity index (χ0n) is 25.9. The Morgan fingerprint density at radius 2 is 1.44 bits per heavy atom. The van der Waals surface area contributed by atoms with Crippen LogP contribution < -0.4 is 4.90 Å². The second-order valence-electron chi connectivity index (χ2n) is 12.5. The number of halogens is 6. The molecule has 3 atom stereocenters. The fraction of sp³-hybridized carbons (Fsp3) is 0.485. The SMILES string of the molecule is CC[C@@H]1C[C@H](N(Cc2cc(C(F)(F)F)cc(C(F)(F)F)c2)c2ncc(C)cn2)C[C@H](Cc2ccccc2)N1C(=O)OC(C)(C)C. The molecule has 1 aliphatic rings. The largest absolute Gasteiger partial charge is 0.444 e. The van der Waals surface area contributed by atoms with E-state index < -0.39 is 41.2 Å². The van der Waals surface area contributed by atoms with Gasteiger partial charge in [-0.05, 0) is 88.3 Å². The molecule has 6 nitrogen and oxygen atoms in total. The Morgan fingerprint density at radius 1 is 0.889 bits per heavy atom. The second-order valence-corrected chi connectivity index (χ2v) is 12.5. The molecule has 244 valence electrons. The van der Waals surface area contributed by atoms with Crippen LogP contribution in [0.25, 0.3) is 0 Å². The Labute approximate surface area is 259 Å². The van der Waals surface area contributed by atoms with Crippen LogP contribution in [0.15, 0.2) is 60.9 Å². The van der Waals surface area contributed by atoms with Crippen LogP contribution in [-0.4, -0.2) is 44.7 Å². The third kappa shape index (κ3) is 8.88. The minimum absolute atomic E-state index is 0.124. The fourth-order valence-electron chi connectivity index (χ4n) is 5.75. The average molecular weight is 637 g/mol. The molecule has 1 aromatic heterocycles. The summed E-state index contributed by atoms with van der Waals surface area (Å²) in [7, 11) is 0. The van der Waals surface area contributed by atoms with Crippen LogP contribution in [0.1, 0.15) is 74.8 Å². The number of aryl methyl sites for hydroxylation is 1. The van der Waals surface area contributed by atoms with Crippen LogP contribution >= 0.6 is 0 Å². The molecule has 1 amide bonds. The van der Waals surface area contributed by atoms with Crippen molar-refractivity contribution in [2.45, 2.75) is 103 Å². The third-order valence-corrected chi connectivity index (χ3v) is 7.73. The lowest BCUT2D eigenvalue weighted by molar-refractivity contribution is -0.143. The molecule has 0 spiro atoms. The Bertz CT molecular complexity index is 1410. The van der Waals surface area contributed by atoms with Gasteiger partial charge in [0.15, 0.2) is 0 Å². The first-order valence-electron chi connectivity index (χ1n) is 14.8. The molecular formula is C33H38F6N4O2. The van der Waals surface area contributed by atoms with Crippen molar-refractivity contribution >= 4 is 12.0 Å². The van der Waals surface area contributed by atoms with Crippen LogP contribution in [0.5, 0.6) is 0 Å². The van der Waals surface area contributed by atoms with E-state index >= 15 is 0 Å². The van der Waals surface area contributed by atoms with Crippen LogP contribution in [0.4, 0.5) is 37.1 Å². The normalized spacial score (nSPS) is 19.4. The molecule has 0 N–H and O–H groups in total. The Hall–Kier alpha value is -3.83. The van der Waals surface area contributed by atoms with Crippen molar-refractivity contribution in [3.63, 3.8) is 0 Å². The zero-order chi connectivity index (χ0) is 33.2. The van der Waals surface area contributed by atoms with Gasteiger partial charge >= 0.3 is 18.4 Å². The first-order chi connectivity index (χ1) is 20.9. The van der Waals surface area contributed by atoms with Crippen molar-refractivity contribution in [1.29, 1.82) is 0 Å². The number of anilines is 1. The molecule has 3 aromatic rings. The summed E-state index contributed by atoms with van der Waals surface area (Å²) in [6.45, 7) is 8.75. The molecule has 12 heteroatoms. The maximum atomic E-state index is 13.7. The summed E-state index contributed by atoms with van der Waals surface area (Å²) in [5, 5.41) is 0. The van der Waals surface area contributed by atoms with Gasteiger partial charge in [-0.3, -0.25) is 0 Å². The molecule has 2 heterocycles. The number of rotatable bonds is 7. The molecule has 0 bridgehead atoms. The first-order valence-corrected chi connectivity index (χ1v) is 14.8. The lowest BCUT2D eigenvalue weighted by Crippen LogP contribution is -2.58. The molecular weight excluding hydrogens is 598 g/mol. The van der Waals surface area contributed by atoms with Gasteiger partial charge in [0.2, 0.25) is 5.95 Å². The Kier molecular flexibility index (Phi) is 10.0. The van der Waals surface area contributed by atoms with Gasteiger partial charge in [0.1, 0.15) is 5.60 Å². The van der Waals surface area contributed by atoms with Gasteiger partial charge in [-0.15, -0.1) is 0 Å². The van der Waals surface area contributed by atoms with Crippen molar-refractivity contribution in [3.8, 4) is 0 Å². The summed E-state index contributed by atoms with van der Waals surface area (Å²) in [6.07, 6.45) is -5.57. The maximum Gasteiger partial charge on any atom is 0.416 e. The van der Waals surface area contributed by atoms with Crippen molar-refractivity contribution in [3.05, 3.63) is 88.7 Å². The number of likely N-dealkylation sites (tertiary alicyclic amines) is 1. The number of carbonyl (C=O) groups is 1. The summed E-state index contributed by atoms with van der Waals surface area (Å²) < 4.78 is 88.2. The predicted molar refractivity (Wildman–Crippen MR) is 159 cm³/mol. The maximum absolute atomic E-state index is 13.7. The highest BCUT2D eigenvalue weighted by Crippen LogP contribution is 2.38. The van der Waals surface area contributed by atoms with Crippen LogP contribution in [0.2, 0.25) is 0 Å². The number of hydrogen-bond acceptors (Lipinski definition) is 5. The van der Waals surface area contributed by atoms with Gasteiger partial charge < -0.3 is 14.5 Å². The standard InChI is InChI=1S/C33H38F6N4O2/c1-6-26-16-27(17-28(14-22-10-8-7-9-11-22)43(26)30(44)45-31(3,4)5)42(29-40-18-21(2)19-41-29)20-23-12-24(32(34,35)36)15-25(13-23)33(37,38)39/h7-13,15,18-19,26-28H,6,14,16-17,20H2,1-5H3/t26-,27+,28+/m1/s1. The van der Waals surface area contributed by atoms with Gasteiger partial charge in [-0.2, -0.15) is 26.3 Å². The second kappa shape index (κ2) is 13.3. The number of hydrogen-bond donors (Lipinski definition) is 0. The predicted octanol–water partition coefficient (Wildman–Crippen LogP) is 8.62. The Morgan fingerprint density at radius 3 is 1.96 bits per heavy atom.